The minimum absolute atomic E-state index is 0.324. The van der Waals surface area contributed by atoms with Crippen molar-refractivity contribution in [3.8, 4) is 5.75 Å². The van der Waals surface area contributed by atoms with Crippen molar-refractivity contribution in [1.82, 2.24) is 9.55 Å². The van der Waals surface area contributed by atoms with E-state index in [1.807, 2.05) is 12.1 Å². The Balaban J connectivity index is 2.22. The fourth-order valence-electron chi connectivity index (χ4n) is 2.48. The number of aromatic nitrogens is 2. The van der Waals surface area contributed by atoms with Crippen molar-refractivity contribution in [2.45, 2.75) is 26.3 Å². The summed E-state index contributed by atoms with van der Waals surface area (Å²) < 4.78 is 7.45. The van der Waals surface area contributed by atoms with Gasteiger partial charge in [-0.15, -0.1) is 0 Å². The molecule has 1 unspecified atom stereocenters. The number of hydrogen-bond donors (Lipinski definition) is 1. The van der Waals surface area contributed by atoms with E-state index in [4.69, 9.17) is 10.5 Å². The van der Waals surface area contributed by atoms with Crippen LogP contribution in [0.5, 0.6) is 5.75 Å². The standard InChI is InChI=1S/C13H17N3O/c1-13(2)7-10(13)16-8-5-4-6-9(17-3)11(8)15-12(16)14/h4-6,10H,7H2,1-3H3,(H2,14,15). The molecule has 4 heteroatoms. The van der Waals surface area contributed by atoms with E-state index >= 15 is 0 Å². The molecule has 90 valence electrons. The third-order valence-electron chi connectivity index (χ3n) is 3.70. The summed E-state index contributed by atoms with van der Waals surface area (Å²) >= 11 is 0. The lowest BCUT2D eigenvalue weighted by molar-refractivity contribution is 0.419. The van der Waals surface area contributed by atoms with E-state index in [0.29, 0.717) is 17.4 Å². The van der Waals surface area contributed by atoms with Crippen LogP contribution in [0.3, 0.4) is 0 Å². The number of anilines is 1. The zero-order valence-corrected chi connectivity index (χ0v) is 10.4. The highest BCUT2D eigenvalue weighted by molar-refractivity contribution is 5.84. The van der Waals surface area contributed by atoms with Crippen LogP contribution in [0.4, 0.5) is 5.95 Å². The van der Waals surface area contributed by atoms with Gasteiger partial charge in [-0.05, 0) is 24.0 Å². The molecule has 0 radical (unpaired) electrons. The van der Waals surface area contributed by atoms with E-state index in [1.54, 1.807) is 7.11 Å². The highest BCUT2D eigenvalue weighted by Gasteiger charge is 2.48. The Hall–Kier alpha value is -1.71. The summed E-state index contributed by atoms with van der Waals surface area (Å²) in [4.78, 5) is 4.43. The molecule has 0 amide bonds. The van der Waals surface area contributed by atoms with Crippen molar-refractivity contribution < 1.29 is 4.74 Å². The van der Waals surface area contributed by atoms with Gasteiger partial charge < -0.3 is 15.0 Å². The van der Waals surface area contributed by atoms with Crippen molar-refractivity contribution >= 4 is 17.0 Å². The molecule has 17 heavy (non-hydrogen) atoms. The second-order valence-corrected chi connectivity index (χ2v) is 5.38. The number of fused-ring (bicyclic) bond motifs is 1. The first kappa shape index (κ1) is 10.4. The maximum absolute atomic E-state index is 6.04. The summed E-state index contributed by atoms with van der Waals surface area (Å²) in [5.74, 6) is 1.37. The molecular formula is C13H17N3O. The minimum Gasteiger partial charge on any atom is -0.494 e. The molecule has 0 bridgehead atoms. The molecule has 1 atom stereocenters. The number of imidazole rings is 1. The van der Waals surface area contributed by atoms with Gasteiger partial charge in [0.2, 0.25) is 5.95 Å². The fraction of sp³-hybridized carbons (Fsp3) is 0.462. The largest absolute Gasteiger partial charge is 0.494 e. The predicted octanol–water partition coefficient (Wildman–Crippen LogP) is 2.60. The Bertz CT molecular complexity index is 586. The molecular weight excluding hydrogens is 214 g/mol. The molecule has 0 aliphatic heterocycles. The third-order valence-corrected chi connectivity index (χ3v) is 3.70. The molecule has 2 aromatic rings. The predicted molar refractivity (Wildman–Crippen MR) is 68.1 cm³/mol. The summed E-state index contributed by atoms with van der Waals surface area (Å²) in [5, 5.41) is 0. The summed E-state index contributed by atoms with van der Waals surface area (Å²) in [6.45, 7) is 4.51. The van der Waals surface area contributed by atoms with E-state index in [9.17, 15) is 0 Å². The normalized spacial score (nSPS) is 21.7. The van der Waals surface area contributed by atoms with Gasteiger partial charge >= 0.3 is 0 Å². The Kier molecular flexibility index (Phi) is 1.94. The number of nitrogens with zero attached hydrogens (tertiary/aromatic N) is 2. The smallest absolute Gasteiger partial charge is 0.201 e. The molecule has 1 aromatic carbocycles. The van der Waals surface area contributed by atoms with Gasteiger partial charge in [0.05, 0.1) is 12.6 Å². The van der Waals surface area contributed by atoms with Crippen LogP contribution in [0.25, 0.3) is 11.0 Å². The molecule has 4 nitrogen and oxygen atoms in total. The first-order valence-corrected chi connectivity index (χ1v) is 5.85. The number of nitrogen functional groups attached to an aromatic ring is 1. The van der Waals surface area contributed by atoms with Crippen LogP contribution in [0.2, 0.25) is 0 Å². The van der Waals surface area contributed by atoms with Gasteiger partial charge in [-0.2, -0.15) is 0 Å². The Morgan fingerprint density at radius 1 is 1.47 bits per heavy atom. The van der Waals surface area contributed by atoms with Gasteiger partial charge in [0.25, 0.3) is 0 Å². The van der Waals surface area contributed by atoms with Gasteiger partial charge in [-0.25, -0.2) is 4.98 Å². The van der Waals surface area contributed by atoms with Gasteiger partial charge in [-0.3, -0.25) is 0 Å². The highest BCUT2D eigenvalue weighted by atomic mass is 16.5. The van der Waals surface area contributed by atoms with Crippen LogP contribution in [0.1, 0.15) is 26.3 Å². The number of nitrogens with two attached hydrogens (primary N) is 1. The summed E-state index contributed by atoms with van der Waals surface area (Å²) in [5.41, 5.74) is 8.28. The van der Waals surface area contributed by atoms with Crippen molar-refractivity contribution in [3.63, 3.8) is 0 Å². The van der Waals surface area contributed by atoms with Gasteiger partial charge in [0.1, 0.15) is 11.3 Å². The van der Waals surface area contributed by atoms with Crippen molar-refractivity contribution in [2.75, 3.05) is 12.8 Å². The number of rotatable bonds is 2. The van der Waals surface area contributed by atoms with Crippen LogP contribution in [-0.2, 0) is 0 Å². The molecule has 0 spiro atoms. The fourth-order valence-corrected chi connectivity index (χ4v) is 2.48. The molecule has 0 saturated heterocycles. The minimum atomic E-state index is 0.324. The average Bonchev–Trinajstić information content (AvgIpc) is 2.76. The van der Waals surface area contributed by atoms with Gasteiger partial charge in [0, 0.05) is 6.04 Å². The summed E-state index contributed by atoms with van der Waals surface area (Å²) in [6.07, 6.45) is 1.15. The number of benzene rings is 1. The van der Waals surface area contributed by atoms with Crippen LogP contribution < -0.4 is 10.5 Å². The lowest BCUT2D eigenvalue weighted by Gasteiger charge is -2.08. The van der Waals surface area contributed by atoms with Crippen LogP contribution >= 0.6 is 0 Å². The lowest BCUT2D eigenvalue weighted by atomic mass is 10.2. The van der Waals surface area contributed by atoms with E-state index in [0.717, 1.165) is 23.2 Å². The maximum Gasteiger partial charge on any atom is 0.201 e. The SMILES string of the molecule is COc1cccc2c1nc(N)n2C1CC1(C)C. The Labute approximate surface area is 100 Å². The molecule has 1 aliphatic carbocycles. The zero-order chi connectivity index (χ0) is 12.2. The van der Waals surface area contributed by atoms with E-state index in [-0.39, 0.29) is 0 Å². The highest BCUT2D eigenvalue weighted by Crippen LogP contribution is 2.57. The second-order valence-electron chi connectivity index (χ2n) is 5.38. The summed E-state index contributed by atoms with van der Waals surface area (Å²) in [6, 6.07) is 6.40. The first-order valence-electron chi connectivity index (χ1n) is 5.85. The third kappa shape index (κ3) is 1.40. The van der Waals surface area contributed by atoms with Crippen molar-refractivity contribution in [3.05, 3.63) is 18.2 Å². The van der Waals surface area contributed by atoms with Crippen LogP contribution in [-0.4, -0.2) is 16.7 Å². The topological polar surface area (TPSA) is 53.1 Å². The van der Waals surface area contributed by atoms with Crippen LogP contribution in [0, 0.1) is 5.41 Å². The van der Waals surface area contributed by atoms with Crippen molar-refractivity contribution in [1.29, 1.82) is 0 Å². The lowest BCUT2D eigenvalue weighted by Crippen LogP contribution is -2.04. The average molecular weight is 231 g/mol. The Morgan fingerprint density at radius 2 is 2.18 bits per heavy atom. The van der Waals surface area contributed by atoms with E-state index in [1.165, 1.54) is 0 Å². The van der Waals surface area contributed by atoms with Crippen LogP contribution in [0.15, 0.2) is 18.2 Å². The molecule has 1 aliphatic rings. The van der Waals surface area contributed by atoms with Gasteiger partial charge in [0.15, 0.2) is 0 Å². The molecule has 1 fully saturated rings. The van der Waals surface area contributed by atoms with Gasteiger partial charge in [-0.1, -0.05) is 19.9 Å². The molecule has 3 rings (SSSR count). The first-order chi connectivity index (χ1) is 8.04. The monoisotopic (exact) mass is 231 g/mol. The quantitative estimate of drug-likeness (QED) is 0.864. The molecule has 1 aromatic heterocycles. The summed E-state index contributed by atoms with van der Waals surface area (Å²) in [7, 11) is 1.66. The molecule has 1 heterocycles. The maximum atomic E-state index is 6.04. The zero-order valence-electron chi connectivity index (χ0n) is 10.4. The number of hydrogen-bond acceptors (Lipinski definition) is 3. The number of methoxy groups -OCH3 is 1. The molecule has 2 N–H and O–H groups in total. The number of ether oxygens (including phenoxy) is 1. The van der Waals surface area contributed by atoms with E-state index in [2.05, 4.69) is 29.5 Å². The number of para-hydroxylation sites is 1. The van der Waals surface area contributed by atoms with Crippen molar-refractivity contribution in [2.24, 2.45) is 5.41 Å². The Morgan fingerprint density at radius 3 is 2.76 bits per heavy atom. The molecule has 1 saturated carbocycles. The van der Waals surface area contributed by atoms with E-state index < -0.39 is 0 Å². The second kappa shape index (κ2) is 3.15.